The Morgan fingerprint density at radius 2 is 1.58 bits per heavy atom. The number of carbonyl (C=O) groups is 2. The number of ketones is 1. The standard InChI is InChI=1S/C15H8Cl3NO5/c16-10-3-1-8(5-12(10)18)14(20)7-24-15(21)9-2-4-11(17)13(6-9)19(22)23/h1-6H,7H2. The Bertz CT molecular complexity index is 838. The van der Waals surface area contributed by atoms with E-state index in [9.17, 15) is 19.7 Å². The summed E-state index contributed by atoms with van der Waals surface area (Å²) in [5.41, 5.74) is -0.297. The fourth-order valence-corrected chi connectivity index (χ4v) is 2.23. The molecule has 9 heteroatoms. The zero-order chi connectivity index (χ0) is 17.9. The lowest BCUT2D eigenvalue weighted by atomic mass is 10.1. The van der Waals surface area contributed by atoms with E-state index >= 15 is 0 Å². The monoisotopic (exact) mass is 387 g/mol. The normalized spacial score (nSPS) is 10.3. The van der Waals surface area contributed by atoms with E-state index in [4.69, 9.17) is 39.5 Å². The Hall–Kier alpha value is -2.15. The molecule has 124 valence electrons. The molecule has 2 aromatic carbocycles. The summed E-state index contributed by atoms with van der Waals surface area (Å²) in [4.78, 5) is 33.9. The minimum absolute atomic E-state index is 0.0898. The number of nitro groups is 1. The molecule has 0 unspecified atom stereocenters. The number of halogens is 3. The Morgan fingerprint density at radius 1 is 0.958 bits per heavy atom. The number of carbonyl (C=O) groups excluding carboxylic acids is 2. The van der Waals surface area contributed by atoms with E-state index in [-0.39, 0.29) is 21.2 Å². The van der Waals surface area contributed by atoms with Crippen molar-refractivity contribution in [1.29, 1.82) is 0 Å². The van der Waals surface area contributed by atoms with Gasteiger partial charge < -0.3 is 4.74 Å². The van der Waals surface area contributed by atoms with Gasteiger partial charge in [0.15, 0.2) is 12.4 Å². The minimum Gasteiger partial charge on any atom is -0.454 e. The van der Waals surface area contributed by atoms with Gasteiger partial charge >= 0.3 is 5.97 Å². The van der Waals surface area contributed by atoms with Gasteiger partial charge in [-0.05, 0) is 30.3 Å². The van der Waals surface area contributed by atoms with Gasteiger partial charge in [-0.15, -0.1) is 0 Å². The highest BCUT2D eigenvalue weighted by molar-refractivity contribution is 6.42. The number of ether oxygens (including phenoxy) is 1. The number of nitrogens with zero attached hydrogens (tertiary/aromatic N) is 1. The maximum Gasteiger partial charge on any atom is 0.338 e. The summed E-state index contributed by atoms with van der Waals surface area (Å²) in [5, 5.41) is 11.2. The summed E-state index contributed by atoms with van der Waals surface area (Å²) in [5.74, 6) is -1.38. The van der Waals surface area contributed by atoms with E-state index in [0.717, 1.165) is 6.07 Å². The van der Waals surface area contributed by atoms with E-state index in [2.05, 4.69) is 0 Å². The van der Waals surface area contributed by atoms with Crippen LogP contribution in [-0.2, 0) is 4.74 Å². The first kappa shape index (κ1) is 18.2. The third-order valence-corrected chi connectivity index (χ3v) is 4.01. The number of hydrogen-bond acceptors (Lipinski definition) is 5. The molecule has 0 radical (unpaired) electrons. The maximum atomic E-state index is 12.0. The van der Waals surface area contributed by atoms with Crippen molar-refractivity contribution in [3.8, 4) is 0 Å². The molecule has 0 spiro atoms. The van der Waals surface area contributed by atoms with Gasteiger partial charge in [-0.2, -0.15) is 0 Å². The summed E-state index contributed by atoms with van der Waals surface area (Å²) >= 11 is 17.2. The number of rotatable bonds is 5. The fourth-order valence-electron chi connectivity index (χ4n) is 1.75. The lowest BCUT2D eigenvalue weighted by Crippen LogP contribution is -2.14. The van der Waals surface area contributed by atoms with Crippen LogP contribution >= 0.6 is 34.8 Å². The number of benzene rings is 2. The van der Waals surface area contributed by atoms with Crippen LogP contribution in [0.2, 0.25) is 15.1 Å². The average molecular weight is 389 g/mol. The highest BCUT2D eigenvalue weighted by Gasteiger charge is 2.18. The molecule has 0 N–H and O–H groups in total. The third-order valence-electron chi connectivity index (χ3n) is 2.95. The number of esters is 1. The van der Waals surface area contributed by atoms with Gasteiger partial charge in [0.1, 0.15) is 5.02 Å². The second-order valence-electron chi connectivity index (χ2n) is 4.55. The highest BCUT2D eigenvalue weighted by Crippen LogP contribution is 2.25. The third kappa shape index (κ3) is 4.23. The predicted octanol–water partition coefficient (Wildman–Crippen LogP) is 4.59. The molecule has 0 atom stereocenters. The molecule has 0 aliphatic heterocycles. The van der Waals surface area contributed by atoms with Crippen molar-refractivity contribution in [3.63, 3.8) is 0 Å². The summed E-state index contributed by atoms with van der Waals surface area (Å²) in [6, 6.07) is 7.69. The number of nitro benzene ring substituents is 1. The predicted molar refractivity (Wildman–Crippen MR) is 89.2 cm³/mol. The molecular weight excluding hydrogens is 381 g/mol. The van der Waals surface area contributed by atoms with Crippen molar-refractivity contribution in [1.82, 2.24) is 0 Å². The first-order valence-electron chi connectivity index (χ1n) is 6.39. The zero-order valence-electron chi connectivity index (χ0n) is 11.8. The van der Waals surface area contributed by atoms with Gasteiger partial charge in [0.05, 0.1) is 20.5 Å². The lowest BCUT2D eigenvalue weighted by Gasteiger charge is -2.06. The van der Waals surface area contributed by atoms with E-state index in [1.54, 1.807) is 0 Å². The SMILES string of the molecule is O=C(COC(=O)c1ccc(Cl)c([N+](=O)[O-])c1)c1ccc(Cl)c(Cl)c1. The van der Waals surface area contributed by atoms with Crippen LogP contribution in [0.5, 0.6) is 0 Å². The van der Waals surface area contributed by atoms with Gasteiger partial charge in [-0.1, -0.05) is 34.8 Å². The van der Waals surface area contributed by atoms with Crippen molar-refractivity contribution in [2.24, 2.45) is 0 Å². The Balaban J connectivity index is 2.07. The van der Waals surface area contributed by atoms with E-state index in [1.807, 2.05) is 0 Å². The van der Waals surface area contributed by atoms with Gasteiger partial charge in [0.2, 0.25) is 0 Å². The minimum atomic E-state index is -0.886. The van der Waals surface area contributed by atoms with Crippen LogP contribution in [0.3, 0.4) is 0 Å². The van der Waals surface area contributed by atoms with Crippen LogP contribution in [0.4, 0.5) is 5.69 Å². The molecule has 0 saturated carbocycles. The van der Waals surface area contributed by atoms with Gasteiger partial charge in [0.25, 0.3) is 5.69 Å². The highest BCUT2D eigenvalue weighted by atomic mass is 35.5. The second-order valence-corrected chi connectivity index (χ2v) is 5.77. The first-order valence-corrected chi connectivity index (χ1v) is 7.52. The molecule has 0 saturated heterocycles. The molecule has 0 aliphatic rings. The quantitative estimate of drug-likeness (QED) is 0.323. The summed E-state index contributed by atoms with van der Waals surface area (Å²) in [6.45, 7) is -0.548. The fraction of sp³-hybridized carbons (Fsp3) is 0.0667. The molecular formula is C15H8Cl3NO5. The van der Waals surface area contributed by atoms with Crippen LogP contribution in [-0.4, -0.2) is 23.3 Å². The largest absolute Gasteiger partial charge is 0.454 e. The molecule has 0 heterocycles. The maximum absolute atomic E-state index is 12.0. The molecule has 0 amide bonds. The number of hydrogen-bond donors (Lipinski definition) is 0. The molecule has 0 aliphatic carbocycles. The second kappa shape index (κ2) is 7.61. The van der Waals surface area contributed by atoms with Crippen LogP contribution in [0.1, 0.15) is 20.7 Å². The summed E-state index contributed by atoms with van der Waals surface area (Å²) < 4.78 is 4.86. The van der Waals surface area contributed by atoms with Crippen LogP contribution in [0.25, 0.3) is 0 Å². The Kier molecular flexibility index (Phi) is 5.77. The molecule has 0 fully saturated rings. The summed E-state index contributed by atoms with van der Waals surface area (Å²) in [7, 11) is 0. The van der Waals surface area contributed by atoms with Crippen molar-refractivity contribution in [2.45, 2.75) is 0 Å². The number of Topliss-reactive ketones (excluding diaryl/α,β-unsaturated/α-hetero) is 1. The topological polar surface area (TPSA) is 86.5 Å². The summed E-state index contributed by atoms with van der Waals surface area (Å²) in [6.07, 6.45) is 0. The van der Waals surface area contributed by atoms with Gasteiger partial charge in [0, 0.05) is 11.6 Å². The van der Waals surface area contributed by atoms with Crippen LogP contribution in [0.15, 0.2) is 36.4 Å². The van der Waals surface area contributed by atoms with E-state index in [1.165, 1.54) is 30.3 Å². The first-order chi connectivity index (χ1) is 11.3. The van der Waals surface area contributed by atoms with Crippen LogP contribution < -0.4 is 0 Å². The van der Waals surface area contributed by atoms with E-state index in [0.29, 0.717) is 5.02 Å². The van der Waals surface area contributed by atoms with Crippen molar-refractivity contribution in [3.05, 3.63) is 72.7 Å². The molecule has 0 aromatic heterocycles. The van der Waals surface area contributed by atoms with Crippen molar-refractivity contribution < 1.29 is 19.2 Å². The zero-order valence-corrected chi connectivity index (χ0v) is 14.1. The Morgan fingerprint density at radius 3 is 2.21 bits per heavy atom. The molecule has 0 bridgehead atoms. The molecule has 2 aromatic rings. The van der Waals surface area contributed by atoms with Crippen molar-refractivity contribution >= 4 is 52.2 Å². The average Bonchev–Trinajstić information content (AvgIpc) is 2.55. The lowest BCUT2D eigenvalue weighted by molar-refractivity contribution is -0.384. The van der Waals surface area contributed by atoms with Gasteiger partial charge in [-0.3, -0.25) is 14.9 Å². The van der Waals surface area contributed by atoms with Gasteiger partial charge in [-0.25, -0.2) is 4.79 Å². The molecule has 6 nitrogen and oxygen atoms in total. The molecule has 2 rings (SSSR count). The smallest absolute Gasteiger partial charge is 0.338 e. The molecule has 24 heavy (non-hydrogen) atoms. The van der Waals surface area contributed by atoms with E-state index < -0.39 is 29.0 Å². The Labute approximate surface area is 151 Å². The van der Waals surface area contributed by atoms with Crippen molar-refractivity contribution in [2.75, 3.05) is 6.61 Å². The van der Waals surface area contributed by atoms with Crippen LogP contribution in [0, 0.1) is 10.1 Å².